The number of hydrogen-bond acceptors (Lipinski definition) is 4. The van der Waals surface area contributed by atoms with Crippen molar-refractivity contribution in [1.29, 1.82) is 0 Å². The number of carbonyl (C=O) groups is 2. The van der Waals surface area contributed by atoms with Crippen molar-refractivity contribution in [3.05, 3.63) is 77.1 Å². The Labute approximate surface area is 240 Å². The fourth-order valence-electron chi connectivity index (χ4n) is 5.28. The lowest BCUT2D eigenvalue weighted by Crippen LogP contribution is -2.45. The van der Waals surface area contributed by atoms with Crippen molar-refractivity contribution >= 4 is 28.9 Å². The van der Waals surface area contributed by atoms with Gasteiger partial charge in [0.25, 0.3) is 11.8 Å². The Morgan fingerprint density at radius 3 is 1.98 bits per heavy atom. The summed E-state index contributed by atoms with van der Waals surface area (Å²) in [5.41, 5.74) is 5.55. The van der Waals surface area contributed by atoms with Gasteiger partial charge in [-0.1, -0.05) is 51.5 Å². The van der Waals surface area contributed by atoms with Crippen molar-refractivity contribution in [2.45, 2.75) is 80.7 Å². The maximum atomic E-state index is 13.6. The smallest absolute Gasteiger partial charge is 0.253 e. The summed E-state index contributed by atoms with van der Waals surface area (Å²) < 4.78 is 0. The monoisotopic (exact) mass is 542 g/mol. The van der Waals surface area contributed by atoms with E-state index >= 15 is 0 Å². The molecule has 0 saturated carbocycles. The molecule has 2 aromatic rings. The van der Waals surface area contributed by atoms with Gasteiger partial charge >= 0.3 is 0 Å². The van der Waals surface area contributed by atoms with Crippen LogP contribution in [0.15, 0.2) is 66.0 Å². The van der Waals surface area contributed by atoms with Crippen LogP contribution in [0.2, 0.25) is 0 Å². The molecule has 214 valence electrons. The molecule has 2 aromatic carbocycles. The highest BCUT2D eigenvalue weighted by atomic mass is 16.2. The van der Waals surface area contributed by atoms with Crippen LogP contribution in [0.25, 0.3) is 0 Å². The topological polar surface area (TPSA) is 64.7 Å². The molecule has 2 N–H and O–H groups in total. The third-order valence-corrected chi connectivity index (χ3v) is 8.44. The molecular weight excluding hydrogens is 496 g/mol. The summed E-state index contributed by atoms with van der Waals surface area (Å²) in [6.07, 6.45) is 5.78. The normalized spacial score (nSPS) is 18.5. The summed E-state index contributed by atoms with van der Waals surface area (Å²) in [4.78, 5) is 31.5. The average molecular weight is 543 g/mol. The molecule has 0 fully saturated rings. The fourth-order valence-corrected chi connectivity index (χ4v) is 5.28. The van der Waals surface area contributed by atoms with E-state index in [1.807, 2.05) is 37.5 Å². The van der Waals surface area contributed by atoms with E-state index in [4.69, 9.17) is 0 Å². The second-order valence-corrected chi connectivity index (χ2v) is 13.7. The van der Waals surface area contributed by atoms with E-state index in [0.29, 0.717) is 11.4 Å². The SMILES string of the molecule is Cc1ccc(N2C=C(C(=O)Nc3ccc(C)c(NC(=O)C4=CN(C(C)(C)C)CCC4(C)C)c3)C(C)(C)CC2)cc1. The van der Waals surface area contributed by atoms with Crippen molar-refractivity contribution < 1.29 is 9.59 Å². The molecule has 0 bridgehead atoms. The molecule has 2 aliphatic rings. The molecule has 0 radical (unpaired) electrons. The van der Waals surface area contributed by atoms with Crippen molar-refractivity contribution in [2.75, 3.05) is 28.6 Å². The molecule has 0 unspecified atom stereocenters. The summed E-state index contributed by atoms with van der Waals surface area (Å²) in [6.45, 7) is 20.8. The highest BCUT2D eigenvalue weighted by Gasteiger charge is 2.36. The van der Waals surface area contributed by atoms with Crippen LogP contribution in [0.4, 0.5) is 17.1 Å². The first-order valence-corrected chi connectivity index (χ1v) is 14.3. The summed E-state index contributed by atoms with van der Waals surface area (Å²) in [5.74, 6) is -0.227. The lowest BCUT2D eigenvalue weighted by atomic mass is 9.78. The van der Waals surface area contributed by atoms with E-state index in [9.17, 15) is 9.59 Å². The molecule has 2 aliphatic heterocycles. The predicted octanol–water partition coefficient (Wildman–Crippen LogP) is 7.42. The molecule has 0 atom stereocenters. The van der Waals surface area contributed by atoms with E-state index in [1.165, 1.54) is 5.56 Å². The largest absolute Gasteiger partial charge is 0.372 e. The number of carbonyl (C=O) groups excluding carboxylic acids is 2. The highest BCUT2D eigenvalue weighted by Crippen LogP contribution is 2.39. The molecular formula is C34H46N4O2. The Balaban J connectivity index is 1.55. The van der Waals surface area contributed by atoms with Crippen molar-refractivity contribution in [2.24, 2.45) is 10.8 Å². The van der Waals surface area contributed by atoms with E-state index in [1.54, 1.807) is 0 Å². The Morgan fingerprint density at radius 1 is 0.775 bits per heavy atom. The van der Waals surface area contributed by atoms with Gasteiger partial charge in [0.15, 0.2) is 0 Å². The minimum absolute atomic E-state index is 0.0568. The van der Waals surface area contributed by atoms with Crippen molar-refractivity contribution in [1.82, 2.24) is 4.90 Å². The van der Waals surface area contributed by atoms with Crippen LogP contribution in [-0.2, 0) is 9.59 Å². The van der Waals surface area contributed by atoms with Gasteiger partial charge in [0.2, 0.25) is 0 Å². The van der Waals surface area contributed by atoms with Crippen molar-refractivity contribution in [3.63, 3.8) is 0 Å². The molecule has 2 heterocycles. The van der Waals surface area contributed by atoms with Gasteiger partial charge in [-0.25, -0.2) is 0 Å². The van der Waals surface area contributed by atoms with Gasteiger partial charge in [0.05, 0.1) is 0 Å². The predicted molar refractivity (Wildman–Crippen MR) is 166 cm³/mol. The van der Waals surface area contributed by atoms with E-state index in [2.05, 4.69) is 100 Å². The Bertz CT molecular complexity index is 1340. The van der Waals surface area contributed by atoms with Crippen LogP contribution in [0.3, 0.4) is 0 Å². The molecule has 4 rings (SSSR count). The second kappa shape index (κ2) is 10.8. The molecule has 40 heavy (non-hydrogen) atoms. The van der Waals surface area contributed by atoms with Crippen LogP contribution in [0.1, 0.15) is 72.4 Å². The number of anilines is 3. The Morgan fingerprint density at radius 2 is 1.35 bits per heavy atom. The van der Waals surface area contributed by atoms with Gasteiger partial charge in [-0.2, -0.15) is 0 Å². The molecule has 6 heteroatoms. The van der Waals surface area contributed by atoms with Crippen LogP contribution in [0, 0.1) is 24.7 Å². The zero-order chi connectivity index (χ0) is 29.5. The van der Waals surface area contributed by atoms with E-state index in [0.717, 1.165) is 48.3 Å². The number of nitrogens with zero attached hydrogens (tertiary/aromatic N) is 2. The number of nitrogens with one attached hydrogen (secondary N) is 2. The summed E-state index contributed by atoms with van der Waals surface area (Å²) in [5, 5.41) is 6.25. The third kappa shape index (κ3) is 6.43. The molecule has 0 spiro atoms. The summed E-state index contributed by atoms with van der Waals surface area (Å²) in [7, 11) is 0. The van der Waals surface area contributed by atoms with Gasteiger partial charge in [-0.15, -0.1) is 0 Å². The van der Waals surface area contributed by atoms with Gasteiger partial charge in [0.1, 0.15) is 0 Å². The minimum Gasteiger partial charge on any atom is -0.372 e. The van der Waals surface area contributed by atoms with Gasteiger partial charge in [-0.05, 0) is 88.1 Å². The molecule has 6 nitrogen and oxygen atoms in total. The minimum atomic E-state index is -0.259. The molecule has 0 aromatic heterocycles. The second-order valence-electron chi connectivity index (χ2n) is 13.7. The number of hydrogen-bond donors (Lipinski definition) is 2. The van der Waals surface area contributed by atoms with Crippen LogP contribution in [-0.4, -0.2) is 35.3 Å². The van der Waals surface area contributed by atoms with Crippen LogP contribution < -0.4 is 15.5 Å². The Kier molecular flexibility index (Phi) is 7.94. The fraction of sp³-hybridized carbons (Fsp3) is 0.471. The van der Waals surface area contributed by atoms with Gasteiger partial charge in [-0.3, -0.25) is 9.59 Å². The zero-order valence-electron chi connectivity index (χ0n) is 25.7. The zero-order valence-corrected chi connectivity index (χ0v) is 25.7. The Hall–Kier alpha value is -3.54. The molecule has 0 aliphatic carbocycles. The molecule has 2 amide bonds. The highest BCUT2D eigenvalue weighted by molar-refractivity contribution is 6.07. The lowest BCUT2D eigenvalue weighted by molar-refractivity contribution is -0.114. The number of amides is 2. The lowest BCUT2D eigenvalue weighted by Gasteiger charge is -2.43. The van der Waals surface area contributed by atoms with E-state index in [-0.39, 0.29) is 28.2 Å². The number of benzene rings is 2. The van der Waals surface area contributed by atoms with Crippen molar-refractivity contribution in [3.8, 4) is 0 Å². The first kappa shape index (κ1) is 29.4. The summed E-state index contributed by atoms with van der Waals surface area (Å²) in [6, 6.07) is 14.1. The average Bonchev–Trinajstić information content (AvgIpc) is 2.85. The first-order chi connectivity index (χ1) is 18.6. The number of rotatable bonds is 5. The first-order valence-electron chi connectivity index (χ1n) is 14.3. The van der Waals surface area contributed by atoms with Gasteiger partial charge < -0.3 is 20.4 Å². The van der Waals surface area contributed by atoms with E-state index < -0.39 is 0 Å². The number of aryl methyl sites for hydroxylation is 2. The molecule has 0 saturated heterocycles. The standard InChI is InChI=1S/C34H46N4O2/c1-23-10-14-26(15-11-23)37-18-16-33(6,7)27(21-37)30(39)35-25-13-12-24(2)29(20-25)36-31(40)28-22-38(32(3,4)5)19-17-34(28,8)9/h10-15,20-22H,16-19H2,1-9H3,(H,35,39)(H,36,40). The maximum absolute atomic E-state index is 13.6. The quantitative estimate of drug-likeness (QED) is 0.413. The summed E-state index contributed by atoms with van der Waals surface area (Å²) >= 11 is 0. The van der Waals surface area contributed by atoms with Gasteiger partial charge in [0, 0.05) is 59.2 Å². The van der Waals surface area contributed by atoms with Crippen LogP contribution in [0.5, 0.6) is 0 Å². The van der Waals surface area contributed by atoms with Crippen LogP contribution >= 0.6 is 0 Å². The third-order valence-electron chi connectivity index (χ3n) is 8.44. The maximum Gasteiger partial charge on any atom is 0.253 e.